The van der Waals surface area contributed by atoms with Crippen LogP contribution in [-0.2, 0) is 9.59 Å². The maximum Gasteiger partial charge on any atom is 0.223 e. The molecule has 1 aliphatic carbocycles. The van der Waals surface area contributed by atoms with E-state index in [4.69, 9.17) is 5.73 Å². The average Bonchev–Trinajstić information content (AvgIpc) is 2.33. The lowest BCUT2D eigenvalue weighted by Crippen LogP contribution is -2.41. The minimum atomic E-state index is -0.0168. The highest BCUT2D eigenvalue weighted by Crippen LogP contribution is 2.27. The van der Waals surface area contributed by atoms with Crippen LogP contribution >= 0.6 is 0 Å². The second kappa shape index (κ2) is 7.36. The first-order valence-corrected chi connectivity index (χ1v) is 6.84. The Morgan fingerprint density at radius 2 is 2.00 bits per heavy atom. The van der Waals surface area contributed by atoms with Gasteiger partial charge in [0.2, 0.25) is 11.8 Å². The highest BCUT2D eigenvalue weighted by Gasteiger charge is 2.29. The first-order valence-electron chi connectivity index (χ1n) is 6.84. The molecule has 0 aromatic rings. The Balaban J connectivity index is 2.23. The summed E-state index contributed by atoms with van der Waals surface area (Å²) in [7, 11) is 0. The number of carbonyl (C=O) groups is 2. The van der Waals surface area contributed by atoms with E-state index in [-0.39, 0.29) is 23.8 Å². The van der Waals surface area contributed by atoms with Crippen LogP contribution in [0, 0.1) is 11.8 Å². The molecule has 3 atom stereocenters. The van der Waals surface area contributed by atoms with E-state index in [0.717, 1.165) is 19.3 Å². The van der Waals surface area contributed by atoms with E-state index in [1.165, 1.54) is 0 Å². The predicted molar refractivity (Wildman–Crippen MR) is 70.8 cm³/mol. The zero-order valence-electron chi connectivity index (χ0n) is 11.4. The normalized spacial score (nSPS) is 27.6. The van der Waals surface area contributed by atoms with Crippen LogP contribution in [0.1, 0.15) is 39.5 Å². The SMILES string of the molecule is CCNC(=O)CCNC(=O)C1CCC(N)C(C)C1. The van der Waals surface area contributed by atoms with Crippen molar-refractivity contribution in [2.75, 3.05) is 13.1 Å². The fraction of sp³-hybridized carbons (Fsp3) is 0.846. The van der Waals surface area contributed by atoms with Gasteiger partial charge in [-0.2, -0.15) is 0 Å². The highest BCUT2D eigenvalue weighted by atomic mass is 16.2. The summed E-state index contributed by atoms with van der Waals surface area (Å²) in [5.74, 6) is 0.516. The molecule has 0 radical (unpaired) electrons. The number of nitrogens with one attached hydrogen (secondary N) is 2. The Morgan fingerprint density at radius 1 is 1.28 bits per heavy atom. The summed E-state index contributed by atoms with van der Waals surface area (Å²) >= 11 is 0. The lowest BCUT2D eigenvalue weighted by molar-refractivity contribution is -0.126. The van der Waals surface area contributed by atoms with E-state index in [1.807, 2.05) is 6.92 Å². The number of amides is 2. The molecule has 0 bridgehead atoms. The minimum absolute atomic E-state index is 0.0168. The van der Waals surface area contributed by atoms with E-state index in [0.29, 0.717) is 25.4 Å². The van der Waals surface area contributed by atoms with Gasteiger partial charge in [0.25, 0.3) is 0 Å². The van der Waals surface area contributed by atoms with Gasteiger partial charge < -0.3 is 16.4 Å². The third-order valence-corrected chi connectivity index (χ3v) is 3.63. The van der Waals surface area contributed by atoms with E-state index in [2.05, 4.69) is 17.6 Å². The van der Waals surface area contributed by atoms with Crippen molar-refractivity contribution < 1.29 is 9.59 Å². The van der Waals surface area contributed by atoms with Crippen LogP contribution < -0.4 is 16.4 Å². The van der Waals surface area contributed by atoms with Crippen LogP contribution in [0.15, 0.2) is 0 Å². The third kappa shape index (κ3) is 4.64. The van der Waals surface area contributed by atoms with Crippen LogP contribution in [0.5, 0.6) is 0 Å². The molecule has 0 aromatic heterocycles. The average molecular weight is 255 g/mol. The fourth-order valence-corrected chi connectivity index (χ4v) is 2.39. The first-order chi connectivity index (χ1) is 8.54. The second-order valence-electron chi connectivity index (χ2n) is 5.15. The number of hydrogen-bond acceptors (Lipinski definition) is 3. The van der Waals surface area contributed by atoms with E-state index in [9.17, 15) is 9.59 Å². The Bertz CT molecular complexity index is 294. The van der Waals surface area contributed by atoms with E-state index >= 15 is 0 Å². The molecule has 0 spiro atoms. The van der Waals surface area contributed by atoms with Crippen LogP contribution in [-0.4, -0.2) is 30.9 Å². The van der Waals surface area contributed by atoms with Crippen molar-refractivity contribution in [2.45, 2.75) is 45.6 Å². The summed E-state index contributed by atoms with van der Waals surface area (Å²) in [5.41, 5.74) is 5.93. The maximum atomic E-state index is 11.9. The molecule has 1 rings (SSSR count). The molecule has 3 unspecified atom stereocenters. The first kappa shape index (κ1) is 15.0. The van der Waals surface area contributed by atoms with Crippen molar-refractivity contribution in [3.05, 3.63) is 0 Å². The Morgan fingerprint density at radius 3 is 2.61 bits per heavy atom. The van der Waals surface area contributed by atoms with E-state index in [1.54, 1.807) is 0 Å². The van der Waals surface area contributed by atoms with Gasteiger partial charge in [-0.3, -0.25) is 9.59 Å². The van der Waals surface area contributed by atoms with Crippen LogP contribution in [0.2, 0.25) is 0 Å². The maximum absolute atomic E-state index is 11.9. The minimum Gasteiger partial charge on any atom is -0.356 e. The summed E-state index contributed by atoms with van der Waals surface area (Å²) in [6.45, 7) is 5.02. The number of carbonyl (C=O) groups excluding carboxylic acids is 2. The zero-order valence-corrected chi connectivity index (χ0v) is 11.4. The van der Waals surface area contributed by atoms with Crippen molar-refractivity contribution in [1.29, 1.82) is 0 Å². The zero-order chi connectivity index (χ0) is 13.5. The van der Waals surface area contributed by atoms with Gasteiger partial charge in [0.05, 0.1) is 0 Å². The molecule has 1 aliphatic rings. The third-order valence-electron chi connectivity index (χ3n) is 3.63. The van der Waals surface area contributed by atoms with Crippen molar-refractivity contribution in [3.8, 4) is 0 Å². The predicted octanol–water partition coefficient (Wildman–Crippen LogP) is 0.392. The van der Waals surface area contributed by atoms with Crippen LogP contribution in [0.3, 0.4) is 0 Å². The van der Waals surface area contributed by atoms with Gasteiger partial charge in [0.1, 0.15) is 0 Å². The molecular weight excluding hydrogens is 230 g/mol. The topological polar surface area (TPSA) is 84.2 Å². The lowest BCUT2D eigenvalue weighted by Gasteiger charge is -2.31. The molecule has 18 heavy (non-hydrogen) atoms. The molecule has 1 saturated carbocycles. The Hall–Kier alpha value is -1.10. The van der Waals surface area contributed by atoms with Gasteiger partial charge in [-0.05, 0) is 32.1 Å². The van der Waals surface area contributed by atoms with Gasteiger partial charge in [0, 0.05) is 31.5 Å². The molecule has 5 heteroatoms. The summed E-state index contributed by atoms with van der Waals surface area (Å²) in [5, 5.41) is 5.54. The van der Waals surface area contributed by atoms with Crippen molar-refractivity contribution >= 4 is 11.8 Å². The molecular formula is C13H25N3O2. The fourth-order valence-electron chi connectivity index (χ4n) is 2.39. The Kier molecular flexibility index (Phi) is 6.12. The quantitative estimate of drug-likeness (QED) is 0.664. The molecule has 0 aromatic carbocycles. The van der Waals surface area contributed by atoms with Gasteiger partial charge in [-0.1, -0.05) is 6.92 Å². The second-order valence-corrected chi connectivity index (χ2v) is 5.15. The summed E-state index contributed by atoms with van der Waals surface area (Å²) in [4.78, 5) is 23.1. The number of hydrogen-bond donors (Lipinski definition) is 3. The molecule has 0 saturated heterocycles. The van der Waals surface area contributed by atoms with Crippen molar-refractivity contribution in [1.82, 2.24) is 10.6 Å². The molecule has 0 heterocycles. The number of rotatable bonds is 5. The molecule has 0 aliphatic heterocycles. The molecule has 2 amide bonds. The van der Waals surface area contributed by atoms with Crippen LogP contribution in [0.4, 0.5) is 0 Å². The van der Waals surface area contributed by atoms with E-state index < -0.39 is 0 Å². The molecule has 4 N–H and O–H groups in total. The largest absolute Gasteiger partial charge is 0.356 e. The standard InChI is InChI=1S/C13H25N3O2/c1-3-15-12(17)6-7-16-13(18)10-4-5-11(14)9(2)8-10/h9-11H,3-8,14H2,1-2H3,(H,15,17)(H,16,18). The number of nitrogens with two attached hydrogens (primary N) is 1. The summed E-state index contributed by atoms with van der Waals surface area (Å²) in [6, 6.07) is 0.226. The molecule has 1 fully saturated rings. The monoisotopic (exact) mass is 255 g/mol. The Labute approximate surface area is 109 Å². The molecule has 104 valence electrons. The van der Waals surface area contributed by atoms with Gasteiger partial charge in [0.15, 0.2) is 0 Å². The lowest BCUT2D eigenvalue weighted by atomic mass is 9.79. The van der Waals surface area contributed by atoms with Crippen LogP contribution in [0.25, 0.3) is 0 Å². The summed E-state index contributed by atoms with van der Waals surface area (Å²) < 4.78 is 0. The van der Waals surface area contributed by atoms with Crippen molar-refractivity contribution in [2.24, 2.45) is 17.6 Å². The van der Waals surface area contributed by atoms with Gasteiger partial charge in [-0.15, -0.1) is 0 Å². The highest BCUT2D eigenvalue weighted by molar-refractivity contribution is 5.80. The van der Waals surface area contributed by atoms with Crippen molar-refractivity contribution in [3.63, 3.8) is 0 Å². The summed E-state index contributed by atoms with van der Waals surface area (Å²) in [6.07, 6.45) is 2.98. The molecule has 5 nitrogen and oxygen atoms in total. The smallest absolute Gasteiger partial charge is 0.223 e. The van der Waals surface area contributed by atoms with Gasteiger partial charge in [-0.25, -0.2) is 0 Å². The van der Waals surface area contributed by atoms with Gasteiger partial charge >= 0.3 is 0 Å².